The van der Waals surface area contributed by atoms with Gasteiger partial charge in [0.1, 0.15) is 11.6 Å². The van der Waals surface area contributed by atoms with Crippen LogP contribution in [0.1, 0.15) is 5.56 Å². The topological polar surface area (TPSA) is 69.7 Å². The van der Waals surface area contributed by atoms with Crippen LogP contribution < -0.4 is 19.5 Å². The Bertz CT molecular complexity index is 1310. The van der Waals surface area contributed by atoms with Crippen LogP contribution in [0.25, 0.3) is 22.2 Å². The van der Waals surface area contributed by atoms with Gasteiger partial charge >= 0.3 is 0 Å². The molecule has 4 aromatic rings. The molecule has 7 heteroatoms. The number of ether oxygens (including phenoxy) is 3. The molecular weight excluding hydrogens is 423 g/mol. The molecule has 0 aliphatic heterocycles. The quantitative estimate of drug-likeness (QED) is 0.420. The minimum absolute atomic E-state index is 0.170. The molecule has 0 unspecified atom stereocenters. The van der Waals surface area contributed by atoms with Gasteiger partial charge in [-0.05, 0) is 60.2 Å². The van der Waals surface area contributed by atoms with Gasteiger partial charge < -0.3 is 19.5 Å². The van der Waals surface area contributed by atoms with Crippen molar-refractivity contribution in [3.63, 3.8) is 0 Å². The average molecular weight is 446 g/mol. The molecule has 1 N–H and O–H groups in total. The second-order valence-electron chi connectivity index (χ2n) is 7.36. The Morgan fingerprint density at radius 1 is 0.848 bits per heavy atom. The zero-order chi connectivity index (χ0) is 23.4. The Morgan fingerprint density at radius 2 is 1.58 bits per heavy atom. The lowest BCUT2D eigenvalue weighted by molar-refractivity contribution is -0.115. The Kier molecular flexibility index (Phi) is 6.40. The molecule has 0 spiro atoms. The molecule has 0 radical (unpaired) electrons. The van der Waals surface area contributed by atoms with Gasteiger partial charge in [-0.25, -0.2) is 9.37 Å². The molecule has 0 aliphatic carbocycles. The number of amides is 1. The lowest BCUT2D eigenvalue weighted by Gasteiger charge is -2.12. The summed E-state index contributed by atoms with van der Waals surface area (Å²) >= 11 is 0. The lowest BCUT2D eigenvalue weighted by Crippen LogP contribution is -2.14. The molecule has 1 amide bonds. The summed E-state index contributed by atoms with van der Waals surface area (Å²) in [5.41, 5.74) is 3.58. The Balaban J connectivity index is 1.57. The molecule has 0 saturated heterocycles. The fraction of sp³-hybridized carbons (Fsp3) is 0.154. The third kappa shape index (κ3) is 4.87. The molecule has 4 rings (SSSR count). The second-order valence-corrected chi connectivity index (χ2v) is 7.36. The van der Waals surface area contributed by atoms with Crippen molar-refractivity contribution in [2.75, 3.05) is 26.6 Å². The van der Waals surface area contributed by atoms with Crippen molar-refractivity contribution in [3.8, 4) is 28.5 Å². The van der Waals surface area contributed by atoms with Gasteiger partial charge in [-0.2, -0.15) is 0 Å². The van der Waals surface area contributed by atoms with Gasteiger partial charge in [-0.1, -0.05) is 6.07 Å². The standard InChI is InChI=1S/C26H23FN2O4/c1-31-23-11-4-16(12-25(23)33-3)13-26(30)28-19-9-10-21-20(14-19)24(32-2)15-22(29-21)17-5-7-18(27)8-6-17/h4-12,14-15H,13H2,1-3H3,(H,28,30). The van der Waals surface area contributed by atoms with Crippen LogP contribution in [0.5, 0.6) is 17.2 Å². The first-order chi connectivity index (χ1) is 16.0. The van der Waals surface area contributed by atoms with Gasteiger partial charge in [0.15, 0.2) is 11.5 Å². The van der Waals surface area contributed by atoms with Gasteiger partial charge in [0, 0.05) is 22.7 Å². The van der Waals surface area contributed by atoms with Crippen molar-refractivity contribution < 1.29 is 23.4 Å². The third-order valence-electron chi connectivity index (χ3n) is 5.23. The molecule has 0 saturated carbocycles. The van der Waals surface area contributed by atoms with Gasteiger partial charge in [-0.15, -0.1) is 0 Å². The van der Waals surface area contributed by atoms with Crippen LogP contribution in [0.2, 0.25) is 0 Å². The van der Waals surface area contributed by atoms with E-state index in [1.807, 2.05) is 18.2 Å². The number of nitrogens with zero attached hydrogens (tertiary/aromatic N) is 1. The summed E-state index contributed by atoms with van der Waals surface area (Å²) < 4.78 is 29.4. The lowest BCUT2D eigenvalue weighted by atomic mass is 10.1. The largest absolute Gasteiger partial charge is 0.496 e. The number of anilines is 1. The maximum absolute atomic E-state index is 13.3. The number of carbonyl (C=O) groups is 1. The van der Waals surface area contributed by atoms with Crippen LogP contribution in [0, 0.1) is 5.82 Å². The van der Waals surface area contributed by atoms with E-state index in [2.05, 4.69) is 10.3 Å². The van der Waals surface area contributed by atoms with Crippen LogP contribution in [-0.2, 0) is 11.2 Å². The maximum atomic E-state index is 13.3. The molecule has 33 heavy (non-hydrogen) atoms. The molecule has 6 nitrogen and oxygen atoms in total. The molecule has 1 aromatic heterocycles. The number of aromatic nitrogens is 1. The van der Waals surface area contributed by atoms with E-state index in [-0.39, 0.29) is 18.1 Å². The second kappa shape index (κ2) is 9.56. The molecule has 168 valence electrons. The normalized spacial score (nSPS) is 10.7. The van der Waals surface area contributed by atoms with Gasteiger partial charge in [0.05, 0.1) is 39.0 Å². The van der Waals surface area contributed by atoms with E-state index in [4.69, 9.17) is 14.2 Å². The minimum atomic E-state index is -0.306. The van der Waals surface area contributed by atoms with Crippen LogP contribution in [-0.4, -0.2) is 32.2 Å². The van der Waals surface area contributed by atoms with E-state index < -0.39 is 0 Å². The van der Waals surface area contributed by atoms with E-state index in [1.54, 1.807) is 57.7 Å². The smallest absolute Gasteiger partial charge is 0.228 e. The van der Waals surface area contributed by atoms with Crippen LogP contribution in [0.3, 0.4) is 0 Å². The summed E-state index contributed by atoms with van der Waals surface area (Å²) in [6.07, 6.45) is 0.178. The van der Waals surface area contributed by atoms with Crippen molar-refractivity contribution in [2.24, 2.45) is 0 Å². The van der Waals surface area contributed by atoms with Crippen molar-refractivity contribution in [1.29, 1.82) is 0 Å². The van der Waals surface area contributed by atoms with Gasteiger partial charge in [0.25, 0.3) is 0 Å². The first kappa shape index (κ1) is 22.1. The summed E-state index contributed by atoms with van der Waals surface area (Å²) in [5, 5.41) is 3.67. The van der Waals surface area contributed by atoms with E-state index >= 15 is 0 Å². The van der Waals surface area contributed by atoms with Crippen molar-refractivity contribution in [1.82, 2.24) is 4.98 Å². The number of rotatable bonds is 7. The third-order valence-corrected chi connectivity index (χ3v) is 5.23. The van der Waals surface area contributed by atoms with Crippen molar-refractivity contribution in [2.45, 2.75) is 6.42 Å². The number of nitrogens with one attached hydrogen (secondary N) is 1. The Labute approximate surface area is 190 Å². The van der Waals surface area contributed by atoms with Crippen LogP contribution in [0.4, 0.5) is 10.1 Å². The number of hydrogen-bond donors (Lipinski definition) is 1. The van der Waals surface area contributed by atoms with E-state index in [0.717, 1.165) is 16.5 Å². The highest BCUT2D eigenvalue weighted by atomic mass is 19.1. The summed E-state index contributed by atoms with van der Waals surface area (Å²) in [6, 6.07) is 18.7. The number of benzene rings is 3. The zero-order valence-corrected chi connectivity index (χ0v) is 18.5. The number of pyridine rings is 1. The van der Waals surface area contributed by atoms with E-state index in [9.17, 15) is 9.18 Å². The molecule has 0 bridgehead atoms. The first-order valence-electron chi connectivity index (χ1n) is 10.3. The monoisotopic (exact) mass is 446 g/mol. The summed E-state index contributed by atoms with van der Waals surface area (Å²) in [7, 11) is 4.70. The number of halogens is 1. The molecule has 1 heterocycles. The molecule has 0 aliphatic rings. The van der Waals surface area contributed by atoms with Crippen molar-refractivity contribution >= 4 is 22.5 Å². The predicted molar refractivity (Wildman–Crippen MR) is 126 cm³/mol. The number of carbonyl (C=O) groups excluding carboxylic acids is 1. The van der Waals surface area contributed by atoms with Crippen LogP contribution >= 0.6 is 0 Å². The SMILES string of the molecule is COc1ccc(CC(=O)Nc2ccc3nc(-c4ccc(F)cc4)cc(OC)c3c2)cc1OC. The number of hydrogen-bond acceptors (Lipinski definition) is 5. The Morgan fingerprint density at radius 3 is 2.27 bits per heavy atom. The summed E-state index contributed by atoms with van der Waals surface area (Å²) in [4.78, 5) is 17.3. The minimum Gasteiger partial charge on any atom is -0.496 e. The highest BCUT2D eigenvalue weighted by Gasteiger charge is 2.12. The maximum Gasteiger partial charge on any atom is 0.228 e. The summed E-state index contributed by atoms with van der Waals surface area (Å²) in [5.74, 6) is 1.31. The highest BCUT2D eigenvalue weighted by molar-refractivity contribution is 5.96. The van der Waals surface area contributed by atoms with Crippen LogP contribution in [0.15, 0.2) is 66.7 Å². The summed E-state index contributed by atoms with van der Waals surface area (Å²) in [6.45, 7) is 0. The number of fused-ring (bicyclic) bond motifs is 1. The molecular formula is C26H23FN2O4. The highest BCUT2D eigenvalue weighted by Crippen LogP contribution is 2.32. The molecule has 0 fully saturated rings. The molecule has 3 aromatic carbocycles. The van der Waals surface area contributed by atoms with Gasteiger partial charge in [-0.3, -0.25) is 4.79 Å². The fourth-order valence-electron chi connectivity index (χ4n) is 3.59. The van der Waals surface area contributed by atoms with E-state index in [0.29, 0.717) is 34.1 Å². The Hall–Kier alpha value is -4.13. The average Bonchev–Trinajstić information content (AvgIpc) is 2.83. The van der Waals surface area contributed by atoms with Gasteiger partial charge in [0.2, 0.25) is 5.91 Å². The first-order valence-corrected chi connectivity index (χ1v) is 10.3. The number of methoxy groups -OCH3 is 3. The molecule has 0 atom stereocenters. The van der Waals surface area contributed by atoms with E-state index in [1.165, 1.54) is 12.1 Å². The fourth-order valence-corrected chi connectivity index (χ4v) is 3.59. The zero-order valence-electron chi connectivity index (χ0n) is 18.5. The predicted octanol–water partition coefficient (Wildman–Crippen LogP) is 5.25. The van der Waals surface area contributed by atoms with Crippen molar-refractivity contribution in [3.05, 3.63) is 78.1 Å².